The quantitative estimate of drug-likeness (QED) is 0.746. The summed E-state index contributed by atoms with van der Waals surface area (Å²) < 4.78 is 0. The van der Waals surface area contributed by atoms with Gasteiger partial charge in [-0.15, -0.1) is 0 Å². The van der Waals surface area contributed by atoms with Crippen molar-refractivity contribution in [1.82, 2.24) is 10.2 Å². The van der Waals surface area contributed by atoms with E-state index in [1.165, 1.54) is 0 Å². The van der Waals surface area contributed by atoms with E-state index in [9.17, 15) is 9.59 Å². The van der Waals surface area contributed by atoms with E-state index in [-0.39, 0.29) is 17.9 Å². The lowest BCUT2D eigenvalue weighted by molar-refractivity contribution is -0.141. The summed E-state index contributed by atoms with van der Waals surface area (Å²) in [5.41, 5.74) is -0.210. The summed E-state index contributed by atoms with van der Waals surface area (Å²) in [5.74, 6) is -0.297. The van der Waals surface area contributed by atoms with Crippen LogP contribution in [-0.2, 0) is 4.79 Å². The minimum atomic E-state index is -0.776. The molecule has 0 saturated heterocycles. The van der Waals surface area contributed by atoms with Crippen molar-refractivity contribution in [2.75, 3.05) is 20.1 Å². The molecule has 1 atom stereocenters. The van der Waals surface area contributed by atoms with Crippen LogP contribution in [0.15, 0.2) is 0 Å². The highest BCUT2D eigenvalue weighted by molar-refractivity contribution is 5.74. The van der Waals surface area contributed by atoms with Crippen LogP contribution in [0.4, 0.5) is 4.79 Å². The molecule has 1 unspecified atom stereocenters. The minimum absolute atomic E-state index is 0.100. The Labute approximate surface area is 115 Å². The lowest BCUT2D eigenvalue weighted by atomic mass is 9.66. The molecule has 0 aromatic heterocycles. The number of carboxylic acids is 1. The first-order chi connectivity index (χ1) is 8.88. The first-order valence-electron chi connectivity index (χ1n) is 7.09. The van der Waals surface area contributed by atoms with E-state index in [1.54, 1.807) is 11.9 Å². The van der Waals surface area contributed by atoms with Gasteiger partial charge in [0, 0.05) is 20.1 Å². The van der Waals surface area contributed by atoms with Crippen LogP contribution in [0.1, 0.15) is 46.0 Å². The number of hydrogen-bond donors (Lipinski definition) is 2. The number of nitrogens with zero attached hydrogens (tertiary/aromatic N) is 1. The average molecular weight is 270 g/mol. The summed E-state index contributed by atoms with van der Waals surface area (Å²) in [6.45, 7) is 5.42. The van der Waals surface area contributed by atoms with E-state index in [1.807, 2.05) is 0 Å². The molecular weight excluding hydrogens is 244 g/mol. The summed E-state index contributed by atoms with van der Waals surface area (Å²) in [6.07, 6.45) is 4.05. The molecule has 1 rings (SSSR count). The van der Waals surface area contributed by atoms with Crippen molar-refractivity contribution in [2.45, 2.75) is 46.0 Å². The highest BCUT2D eigenvalue weighted by Crippen LogP contribution is 2.43. The van der Waals surface area contributed by atoms with Crippen LogP contribution in [0.25, 0.3) is 0 Å². The second kappa shape index (κ2) is 6.78. The van der Waals surface area contributed by atoms with E-state index in [4.69, 9.17) is 5.11 Å². The topological polar surface area (TPSA) is 69.6 Å². The third kappa shape index (κ3) is 4.73. The molecule has 110 valence electrons. The van der Waals surface area contributed by atoms with Crippen molar-refractivity contribution in [1.29, 1.82) is 0 Å². The molecule has 5 nitrogen and oxygen atoms in total. The second-order valence-electron chi connectivity index (χ2n) is 5.98. The molecule has 0 bridgehead atoms. The molecule has 0 aromatic rings. The molecule has 1 aliphatic carbocycles. The van der Waals surface area contributed by atoms with E-state index in [0.29, 0.717) is 12.5 Å². The van der Waals surface area contributed by atoms with Crippen molar-refractivity contribution in [3.05, 3.63) is 0 Å². The first kappa shape index (κ1) is 15.8. The fourth-order valence-corrected chi connectivity index (χ4v) is 2.49. The SMILES string of the molecule is CCC(C)CN(C)C(=O)NCC1(CC(=O)O)CCC1. The monoisotopic (exact) mass is 270 g/mol. The maximum atomic E-state index is 11.9. The number of urea groups is 1. The largest absolute Gasteiger partial charge is 0.481 e. The highest BCUT2D eigenvalue weighted by atomic mass is 16.4. The molecule has 5 heteroatoms. The Morgan fingerprint density at radius 1 is 1.42 bits per heavy atom. The minimum Gasteiger partial charge on any atom is -0.481 e. The Kier molecular flexibility index (Phi) is 5.63. The lowest BCUT2D eigenvalue weighted by Gasteiger charge is -2.41. The predicted octanol–water partition coefficient (Wildman–Crippen LogP) is 2.32. The molecule has 1 fully saturated rings. The Morgan fingerprint density at radius 3 is 2.47 bits per heavy atom. The molecule has 19 heavy (non-hydrogen) atoms. The standard InChI is InChI=1S/C14H26N2O3/c1-4-11(2)9-16(3)13(19)15-10-14(6-5-7-14)8-12(17)18/h11H,4-10H2,1-3H3,(H,15,19)(H,17,18). The molecule has 0 radical (unpaired) electrons. The van der Waals surface area contributed by atoms with Gasteiger partial charge < -0.3 is 15.3 Å². The lowest BCUT2D eigenvalue weighted by Crippen LogP contribution is -2.47. The second-order valence-corrected chi connectivity index (χ2v) is 5.98. The number of amides is 2. The number of hydrogen-bond acceptors (Lipinski definition) is 2. The molecule has 0 spiro atoms. The van der Waals surface area contributed by atoms with Gasteiger partial charge >= 0.3 is 12.0 Å². The van der Waals surface area contributed by atoms with Crippen LogP contribution in [0.2, 0.25) is 0 Å². The molecule has 2 amide bonds. The molecule has 0 aliphatic heterocycles. The normalized spacial score (nSPS) is 18.3. The van der Waals surface area contributed by atoms with Crippen LogP contribution in [0.3, 0.4) is 0 Å². The third-order valence-electron chi connectivity index (χ3n) is 4.18. The molecule has 1 saturated carbocycles. The summed E-state index contributed by atoms with van der Waals surface area (Å²) in [7, 11) is 1.78. The average Bonchev–Trinajstić information content (AvgIpc) is 2.31. The number of rotatable bonds is 7. The number of carbonyl (C=O) groups is 2. The van der Waals surface area contributed by atoms with Crippen LogP contribution >= 0.6 is 0 Å². The van der Waals surface area contributed by atoms with Gasteiger partial charge in [-0.05, 0) is 24.2 Å². The van der Waals surface area contributed by atoms with Gasteiger partial charge in [0.2, 0.25) is 0 Å². The Bertz CT molecular complexity index is 327. The van der Waals surface area contributed by atoms with Crippen molar-refractivity contribution < 1.29 is 14.7 Å². The first-order valence-corrected chi connectivity index (χ1v) is 7.09. The Hall–Kier alpha value is -1.26. The zero-order valence-electron chi connectivity index (χ0n) is 12.2. The fourth-order valence-electron chi connectivity index (χ4n) is 2.49. The number of aliphatic carboxylic acids is 1. The molecule has 2 N–H and O–H groups in total. The maximum absolute atomic E-state index is 11.9. The van der Waals surface area contributed by atoms with E-state index >= 15 is 0 Å². The van der Waals surface area contributed by atoms with Crippen LogP contribution in [0.5, 0.6) is 0 Å². The van der Waals surface area contributed by atoms with E-state index < -0.39 is 5.97 Å². The van der Waals surface area contributed by atoms with Gasteiger partial charge in [-0.3, -0.25) is 4.79 Å². The van der Waals surface area contributed by atoms with Crippen molar-refractivity contribution >= 4 is 12.0 Å². The van der Waals surface area contributed by atoms with E-state index in [0.717, 1.165) is 32.2 Å². The Balaban J connectivity index is 2.38. The number of nitrogens with one attached hydrogen (secondary N) is 1. The van der Waals surface area contributed by atoms with Gasteiger partial charge in [0.1, 0.15) is 0 Å². The van der Waals surface area contributed by atoms with Gasteiger partial charge in [-0.1, -0.05) is 26.7 Å². The van der Waals surface area contributed by atoms with Crippen molar-refractivity contribution in [3.8, 4) is 0 Å². The van der Waals surface area contributed by atoms with Crippen LogP contribution < -0.4 is 5.32 Å². The summed E-state index contributed by atoms with van der Waals surface area (Å²) >= 11 is 0. The summed E-state index contributed by atoms with van der Waals surface area (Å²) in [5, 5.41) is 11.8. The summed E-state index contributed by atoms with van der Waals surface area (Å²) in [6, 6.07) is -0.100. The van der Waals surface area contributed by atoms with Crippen molar-refractivity contribution in [3.63, 3.8) is 0 Å². The van der Waals surface area contributed by atoms with Gasteiger partial charge in [0.15, 0.2) is 0 Å². The van der Waals surface area contributed by atoms with Gasteiger partial charge in [0.25, 0.3) is 0 Å². The predicted molar refractivity (Wildman–Crippen MR) is 74.0 cm³/mol. The van der Waals surface area contributed by atoms with Gasteiger partial charge in [-0.25, -0.2) is 4.79 Å². The van der Waals surface area contributed by atoms with Crippen molar-refractivity contribution in [2.24, 2.45) is 11.3 Å². The molecule has 1 aliphatic rings. The molecule has 0 aromatic carbocycles. The van der Waals surface area contributed by atoms with Gasteiger partial charge in [-0.2, -0.15) is 0 Å². The van der Waals surface area contributed by atoms with E-state index in [2.05, 4.69) is 19.2 Å². The fraction of sp³-hybridized carbons (Fsp3) is 0.857. The van der Waals surface area contributed by atoms with Gasteiger partial charge in [0.05, 0.1) is 6.42 Å². The zero-order valence-corrected chi connectivity index (χ0v) is 12.2. The van der Waals surface area contributed by atoms with Crippen LogP contribution in [0, 0.1) is 11.3 Å². The smallest absolute Gasteiger partial charge is 0.317 e. The molecular formula is C14H26N2O3. The number of carboxylic acid groups (broad SMARTS) is 1. The summed E-state index contributed by atoms with van der Waals surface area (Å²) in [4.78, 5) is 24.5. The number of carbonyl (C=O) groups excluding carboxylic acids is 1. The maximum Gasteiger partial charge on any atom is 0.317 e. The third-order valence-corrected chi connectivity index (χ3v) is 4.18. The zero-order chi connectivity index (χ0) is 14.5. The van der Waals surface area contributed by atoms with Crippen LogP contribution in [-0.4, -0.2) is 42.1 Å². The molecule has 0 heterocycles. The highest BCUT2D eigenvalue weighted by Gasteiger charge is 2.39. The Morgan fingerprint density at radius 2 is 2.05 bits per heavy atom.